The zero-order valence-corrected chi connectivity index (χ0v) is 10.2. The number of alkyl halides is 1. The van der Waals surface area contributed by atoms with Crippen LogP contribution in [0, 0.1) is 17.8 Å². The predicted molar refractivity (Wildman–Crippen MR) is 59.8 cm³/mol. The van der Waals surface area contributed by atoms with Gasteiger partial charge >= 0.3 is 11.9 Å². The van der Waals surface area contributed by atoms with E-state index in [2.05, 4.69) is 5.32 Å². The van der Waals surface area contributed by atoms with E-state index in [1.165, 1.54) is 6.92 Å². The van der Waals surface area contributed by atoms with E-state index < -0.39 is 53.4 Å². The van der Waals surface area contributed by atoms with Crippen LogP contribution in [0.5, 0.6) is 0 Å². The van der Waals surface area contributed by atoms with Gasteiger partial charge in [0.25, 0.3) is 0 Å². The summed E-state index contributed by atoms with van der Waals surface area (Å²) >= 11 is 0. The fourth-order valence-electron chi connectivity index (χ4n) is 3.07. The maximum atomic E-state index is 14.0. The molecule has 0 saturated heterocycles. The Morgan fingerprint density at radius 2 is 2.00 bits per heavy atom. The van der Waals surface area contributed by atoms with Crippen LogP contribution in [0.1, 0.15) is 13.3 Å². The summed E-state index contributed by atoms with van der Waals surface area (Å²) in [5.41, 5.74) is 3.16. The molecule has 19 heavy (non-hydrogen) atoms. The number of fused-ring (bicyclic) bond motifs is 1. The van der Waals surface area contributed by atoms with Crippen molar-refractivity contribution in [2.24, 2.45) is 23.5 Å². The van der Waals surface area contributed by atoms with Crippen molar-refractivity contribution < 1.29 is 29.0 Å². The number of hydrogen-bond acceptors (Lipinski definition) is 4. The number of carboxylic acids is 2. The number of aliphatic carboxylic acids is 2. The Morgan fingerprint density at radius 1 is 1.42 bits per heavy atom. The van der Waals surface area contributed by atoms with Crippen molar-refractivity contribution in [3.63, 3.8) is 0 Å². The Labute approximate surface area is 108 Å². The average molecular weight is 274 g/mol. The molecule has 0 heterocycles. The largest absolute Gasteiger partial charge is 0.481 e. The molecule has 0 aromatic carbocycles. The first-order valence-corrected chi connectivity index (χ1v) is 5.91. The number of amides is 1. The highest BCUT2D eigenvalue weighted by atomic mass is 19.1. The van der Waals surface area contributed by atoms with Gasteiger partial charge in [0.2, 0.25) is 5.91 Å². The normalized spacial score (nSPS) is 41.2. The molecule has 2 aliphatic carbocycles. The van der Waals surface area contributed by atoms with Gasteiger partial charge in [0, 0.05) is 5.92 Å². The fraction of sp³-hybridized carbons (Fsp3) is 0.727. The van der Waals surface area contributed by atoms with Crippen LogP contribution < -0.4 is 11.1 Å². The number of rotatable bonds is 4. The lowest BCUT2D eigenvalue weighted by molar-refractivity contribution is -0.153. The number of halogens is 1. The second-order valence-electron chi connectivity index (χ2n) is 5.21. The van der Waals surface area contributed by atoms with Gasteiger partial charge in [-0.15, -0.1) is 0 Å². The van der Waals surface area contributed by atoms with E-state index in [4.69, 9.17) is 10.8 Å². The highest BCUT2D eigenvalue weighted by molar-refractivity contribution is 5.92. The number of nitrogens with one attached hydrogen (secondary N) is 1. The minimum atomic E-state index is -2.17. The summed E-state index contributed by atoms with van der Waals surface area (Å²) in [4.78, 5) is 33.9. The lowest BCUT2D eigenvalue weighted by Gasteiger charge is -2.31. The minimum absolute atomic E-state index is 0.173. The Balaban J connectivity index is 2.31. The highest BCUT2D eigenvalue weighted by Gasteiger charge is 2.76. The van der Waals surface area contributed by atoms with Gasteiger partial charge in [0.05, 0.1) is 12.0 Å². The van der Waals surface area contributed by atoms with Crippen LogP contribution in [0.4, 0.5) is 4.39 Å². The quantitative estimate of drug-likeness (QED) is 0.518. The zero-order chi connectivity index (χ0) is 14.5. The predicted octanol–water partition coefficient (Wildman–Crippen LogP) is -1.04. The summed E-state index contributed by atoms with van der Waals surface area (Å²) in [5, 5.41) is 20.3. The molecule has 6 atom stereocenters. The smallest absolute Gasteiger partial charge is 0.332 e. The summed E-state index contributed by atoms with van der Waals surface area (Å²) in [6.07, 6.45) is -1.98. The highest BCUT2D eigenvalue weighted by Crippen LogP contribution is 2.63. The van der Waals surface area contributed by atoms with Gasteiger partial charge in [-0.25, -0.2) is 9.18 Å². The molecule has 0 radical (unpaired) electrons. The molecule has 8 heteroatoms. The number of nitrogens with two attached hydrogens (primary N) is 1. The van der Waals surface area contributed by atoms with Crippen molar-refractivity contribution in [3.05, 3.63) is 0 Å². The third kappa shape index (κ3) is 1.78. The molecule has 0 aromatic heterocycles. The van der Waals surface area contributed by atoms with Gasteiger partial charge in [-0.2, -0.15) is 0 Å². The summed E-state index contributed by atoms with van der Waals surface area (Å²) in [6.45, 7) is 1.34. The van der Waals surface area contributed by atoms with Crippen molar-refractivity contribution in [3.8, 4) is 0 Å². The molecule has 2 aliphatic rings. The first-order chi connectivity index (χ1) is 8.73. The molecule has 1 amide bonds. The first kappa shape index (κ1) is 13.7. The molecule has 2 rings (SSSR count). The van der Waals surface area contributed by atoms with Gasteiger partial charge in [-0.3, -0.25) is 9.59 Å². The molecule has 2 saturated carbocycles. The van der Waals surface area contributed by atoms with Crippen LogP contribution >= 0.6 is 0 Å². The number of carbonyl (C=O) groups excluding carboxylic acids is 1. The standard InChI is InChI=1S/C11H15FN2O5/c1-3(13)8(15)14-11(10(18)19)5(12)2-4-6(7(4)11)9(16)17/h3-7H,2,13H2,1H3,(H,14,15)(H,16,17)(H,18,19)/t3-,4+,5+,6+,7+,11+/m1/s1. The number of carboxylic acid groups (broad SMARTS) is 2. The van der Waals surface area contributed by atoms with E-state index >= 15 is 0 Å². The van der Waals surface area contributed by atoms with Crippen LogP contribution in [-0.4, -0.2) is 45.8 Å². The molecule has 5 N–H and O–H groups in total. The monoisotopic (exact) mass is 274 g/mol. The Morgan fingerprint density at radius 3 is 2.42 bits per heavy atom. The van der Waals surface area contributed by atoms with Gasteiger partial charge in [-0.05, 0) is 19.3 Å². The van der Waals surface area contributed by atoms with Crippen LogP contribution in [0.2, 0.25) is 0 Å². The Hall–Kier alpha value is -1.70. The van der Waals surface area contributed by atoms with Crippen LogP contribution in [0.15, 0.2) is 0 Å². The second-order valence-corrected chi connectivity index (χ2v) is 5.21. The van der Waals surface area contributed by atoms with Crippen LogP contribution in [0.25, 0.3) is 0 Å². The number of carbonyl (C=O) groups is 3. The summed E-state index contributed by atoms with van der Waals surface area (Å²) in [5.74, 6) is -5.90. The second kappa shape index (κ2) is 4.16. The molecule has 0 aliphatic heterocycles. The molecule has 0 aromatic rings. The van der Waals surface area contributed by atoms with E-state index in [9.17, 15) is 23.9 Å². The average Bonchev–Trinajstić information content (AvgIpc) is 2.92. The molecule has 7 nitrogen and oxygen atoms in total. The third-order valence-electron chi connectivity index (χ3n) is 4.05. The fourth-order valence-corrected chi connectivity index (χ4v) is 3.07. The summed E-state index contributed by atoms with van der Waals surface area (Å²) in [6, 6.07) is -0.996. The van der Waals surface area contributed by atoms with E-state index in [0.717, 1.165) is 0 Å². The van der Waals surface area contributed by atoms with Gasteiger partial charge in [-0.1, -0.05) is 0 Å². The molecule has 0 spiro atoms. The molecular formula is C11H15FN2O5. The van der Waals surface area contributed by atoms with Crippen molar-refractivity contribution >= 4 is 17.8 Å². The lowest BCUT2D eigenvalue weighted by Crippen LogP contribution is -2.63. The van der Waals surface area contributed by atoms with Gasteiger partial charge in [0.15, 0.2) is 5.54 Å². The number of hydrogen-bond donors (Lipinski definition) is 4. The molecule has 0 unspecified atom stereocenters. The maximum Gasteiger partial charge on any atom is 0.332 e. The van der Waals surface area contributed by atoms with Crippen molar-refractivity contribution in [2.75, 3.05) is 0 Å². The van der Waals surface area contributed by atoms with Crippen molar-refractivity contribution in [1.29, 1.82) is 0 Å². The van der Waals surface area contributed by atoms with Crippen LogP contribution in [-0.2, 0) is 14.4 Å². The van der Waals surface area contributed by atoms with Crippen molar-refractivity contribution in [2.45, 2.75) is 31.1 Å². The van der Waals surface area contributed by atoms with E-state index in [-0.39, 0.29) is 6.42 Å². The molecule has 0 bridgehead atoms. The van der Waals surface area contributed by atoms with E-state index in [1.807, 2.05) is 0 Å². The van der Waals surface area contributed by atoms with Gasteiger partial charge in [0.1, 0.15) is 6.17 Å². The summed E-state index contributed by atoms with van der Waals surface area (Å²) in [7, 11) is 0. The topological polar surface area (TPSA) is 130 Å². The maximum absolute atomic E-state index is 14.0. The summed E-state index contributed by atoms with van der Waals surface area (Å²) < 4.78 is 14.0. The first-order valence-electron chi connectivity index (χ1n) is 5.91. The third-order valence-corrected chi connectivity index (χ3v) is 4.05. The van der Waals surface area contributed by atoms with Crippen LogP contribution in [0.3, 0.4) is 0 Å². The Kier molecular flexibility index (Phi) is 3.00. The zero-order valence-electron chi connectivity index (χ0n) is 10.2. The minimum Gasteiger partial charge on any atom is -0.481 e. The molecule has 106 valence electrons. The van der Waals surface area contributed by atoms with E-state index in [1.54, 1.807) is 0 Å². The molecule has 2 fully saturated rings. The van der Waals surface area contributed by atoms with Gasteiger partial charge < -0.3 is 21.3 Å². The van der Waals surface area contributed by atoms with E-state index in [0.29, 0.717) is 0 Å². The Bertz CT molecular complexity index is 454. The lowest BCUT2D eigenvalue weighted by atomic mass is 9.88. The van der Waals surface area contributed by atoms with Crippen molar-refractivity contribution in [1.82, 2.24) is 5.32 Å². The SMILES string of the molecule is C[C@@H](N)C(=O)N[C@]1(C(=O)O)[C@H]2[C@@H](C[C@@H]1F)[C@@H]2C(=O)O. The molecular weight excluding hydrogens is 259 g/mol.